The highest BCUT2D eigenvalue weighted by atomic mass is 32.1. The molecule has 3 heterocycles. The van der Waals surface area contributed by atoms with E-state index in [4.69, 9.17) is 4.42 Å². The number of nitriles is 1. The van der Waals surface area contributed by atoms with Gasteiger partial charge in [0.15, 0.2) is 0 Å². The van der Waals surface area contributed by atoms with E-state index in [9.17, 15) is 14.4 Å². The van der Waals surface area contributed by atoms with Gasteiger partial charge in [-0.15, -0.1) is 11.3 Å². The number of nitrogens with one attached hydrogen (secondary N) is 1. The summed E-state index contributed by atoms with van der Waals surface area (Å²) >= 11 is 1.54. The van der Waals surface area contributed by atoms with Crippen molar-refractivity contribution in [2.75, 3.05) is 31.1 Å². The molecule has 1 aromatic carbocycles. The monoisotopic (exact) mass is 411 g/mol. The third-order valence-corrected chi connectivity index (χ3v) is 5.57. The van der Waals surface area contributed by atoms with Gasteiger partial charge < -0.3 is 19.5 Å². The lowest BCUT2D eigenvalue weighted by Gasteiger charge is -2.36. The molecule has 148 valence electrons. The lowest BCUT2D eigenvalue weighted by molar-refractivity contribution is 0.194. The number of piperazine rings is 1. The summed E-state index contributed by atoms with van der Waals surface area (Å²) in [5, 5.41) is 14.0. The van der Waals surface area contributed by atoms with Gasteiger partial charge in [0.1, 0.15) is 23.7 Å². The quantitative estimate of drug-likeness (QED) is 0.711. The molecule has 0 unspecified atom stereocenters. The molecule has 1 fully saturated rings. The van der Waals surface area contributed by atoms with E-state index >= 15 is 0 Å². The first-order chi connectivity index (χ1) is 14.2. The van der Waals surface area contributed by atoms with Gasteiger partial charge in [-0.2, -0.15) is 5.26 Å². The summed E-state index contributed by atoms with van der Waals surface area (Å²) < 4.78 is 19.3. The number of amides is 2. The zero-order valence-corrected chi connectivity index (χ0v) is 16.3. The molecule has 0 atom stereocenters. The first kappa shape index (κ1) is 19.0. The molecule has 3 aromatic rings. The van der Waals surface area contributed by atoms with Crippen molar-refractivity contribution in [1.29, 1.82) is 5.26 Å². The topological polar surface area (TPSA) is 85.4 Å². The summed E-state index contributed by atoms with van der Waals surface area (Å²) in [4.78, 5) is 21.4. The molecule has 9 heteroatoms. The van der Waals surface area contributed by atoms with E-state index in [-0.39, 0.29) is 18.1 Å². The van der Waals surface area contributed by atoms with Crippen LogP contribution in [-0.4, -0.2) is 42.1 Å². The van der Waals surface area contributed by atoms with E-state index in [1.165, 1.54) is 17.4 Å². The minimum atomic E-state index is -0.528. The van der Waals surface area contributed by atoms with Crippen LogP contribution in [0, 0.1) is 17.1 Å². The average molecular weight is 411 g/mol. The minimum absolute atomic E-state index is 0.0398. The van der Waals surface area contributed by atoms with Crippen molar-refractivity contribution in [3.63, 3.8) is 0 Å². The minimum Gasteiger partial charge on any atom is -0.443 e. The van der Waals surface area contributed by atoms with Gasteiger partial charge in [0.2, 0.25) is 5.89 Å². The predicted molar refractivity (Wildman–Crippen MR) is 107 cm³/mol. The van der Waals surface area contributed by atoms with Crippen LogP contribution >= 0.6 is 11.3 Å². The maximum Gasteiger partial charge on any atom is 0.317 e. The standard InChI is InChI=1S/C20H18FN5O2S/c21-16-3-1-4-17(15(16)11-22)25-6-8-26(9-7-25)20(27)23-12-14-13-28-19(24-14)18-5-2-10-29-18/h1-5,10,13H,6-9,12H2,(H,23,27). The molecule has 2 aromatic heterocycles. The molecular formula is C20H18FN5O2S. The Morgan fingerprint density at radius 2 is 2.10 bits per heavy atom. The zero-order chi connectivity index (χ0) is 20.2. The molecule has 0 radical (unpaired) electrons. The van der Waals surface area contributed by atoms with Gasteiger partial charge in [0, 0.05) is 26.2 Å². The third-order valence-electron chi connectivity index (χ3n) is 4.72. The Kier molecular flexibility index (Phi) is 5.44. The molecule has 0 saturated carbocycles. The lowest BCUT2D eigenvalue weighted by atomic mass is 10.1. The Morgan fingerprint density at radius 3 is 2.83 bits per heavy atom. The molecule has 0 aliphatic carbocycles. The number of anilines is 1. The van der Waals surface area contributed by atoms with Gasteiger partial charge in [-0.1, -0.05) is 12.1 Å². The number of aromatic nitrogens is 1. The van der Waals surface area contributed by atoms with Crippen LogP contribution in [0.3, 0.4) is 0 Å². The van der Waals surface area contributed by atoms with Crippen LogP contribution < -0.4 is 10.2 Å². The molecule has 2 amide bonds. The SMILES string of the molecule is N#Cc1c(F)cccc1N1CCN(C(=O)NCc2coc(-c3cccs3)n2)CC1. The van der Waals surface area contributed by atoms with Gasteiger partial charge in [-0.05, 0) is 23.6 Å². The molecule has 1 N–H and O–H groups in total. The summed E-state index contributed by atoms with van der Waals surface area (Å²) in [6, 6.07) is 10.2. The summed E-state index contributed by atoms with van der Waals surface area (Å²) in [7, 11) is 0. The zero-order valence-electron chi connectivity index (χ0n) is 15.5. The van der Waals surface area contributed by atoms with Crippen molar-refractivity contribution in [2.24, 2.45) is 0 Å². The molecular weight excluding hydrogens is 393 g/mol. The number of rotatable bonds is 4. The van der Waals surface area contributed by atoms with Crippen molar-refractivity contribution in [1.82, 2.24) is 15.2 Å². The fourth-order valence-electron chi connectivity index (χ4n) is 3.22. The van der Waals surface area contributed by atoms with Crippen molar-refractivity contribution in [2.45, 2.75) is 6.54 Å². The molecule has 1 saturated heterocycles. The number of benzene rings is 1. The highest BCUT2D eigenvalue weighted by Crippen LogP contribution is 2.24. The molecule has 0 bridgehead atoms. The largest absolute Gasteiger partial charge is 0.443 e. The Bertz CT molecular complexity index is 1040. The Labute approximate surface area is 171 Å². The second kappa shape index (κ2) is 8.32. The molecule has 1 aliphatic heterocycles. The third kappa shape index (κ3) is 4.07. The summed E-state index contributed by atoms with van der Waals surface area (Å²) in [6.07, 6.45) is 1.54. The van der Waals surface area contributed by atoms with Gasteiger partial charge in [-0.3, -0.25) is 0 Å². The number of oxazole rings is 1. The van der Waals surface area contributed by atoms with Gasteiger partial charge in [-0.25, -0.2) is 14.2 Å². The summed E-state index contributed by atoms with van der Waals surface area (Å²) in [5.74, 6) is 0.0148. The van der Waals surface area contributed by atoms with Crippen LogP contribution in [0.15, 0.2) is 46.4 Å². The normalized spacial score (nSPS) is 13.9. The maximum atomic E-state index is 13.8. The van der Waals surface area contributed by atoms with Crippen LogP contribution in [-0.2, 0) is 6.54 Å². The van der Waals surface area contributed by atoms with Gasteiger partial charge in [0.05, 0.1) is 22.8 Å². The molecule has 29 heavy (non-hydrogen) atoms. The Morgan fingerprint density at radius 1 is 1.28 bits per heavy atom. The Balaban J connectivity index is 1.31. The fourth-order valence-corrected chi connectivity index (χ4v) is 3.87. The second-order valence-electron chi connectivity index (χ2n) is 6.50. The number of hydrogen-bond acceptors (Lipinski definition) is 6. The number of hydrogen-bond donors (Lipinski definition) is 1. The average Bonchev–Trinajstić information content (AvgIpc) is 3.44. The fraction of sp³-hybridized carbons (Fsp3) is 0.250. The van der Waals surface area contributed by atoms with Crippen LogP contribution in [0.4, 0.5) is 14.9 Å². The van der Waals surface area contributed by atoms with Crippen LogP contribution in [0.2, 0.25) is 0 Å². The van der Waals surface area contributed by atoms with E-state index < -0.39 is 5.82 Å². The van der Waals surface area contributed by atoms with E-state index in [0.717, 1.165) is 4.88 Å². The van der Waals surface area contributed by atoms with E-state index in [2.05, 4.69) is 10.3 Å². The summed E-state index contributed by atoms with van der Waals surface area (Å²) in [6.45, 7) is 2.28. The lowest BCUT2D eigenvalue weighted by Crippen LogP contribution is -2.51. The van der Waals surface area contributed by atoms with Gasteiger partial charge >= 0.3 is 6.03 Å². The van der Waals surface area contributed by atoms with Crippen molar-refractivity contribution in [3.8, 4) is 16.8 Å². The van der Waals surface area contributed by atoms with Crippen molar-refractivity contribution >= 4 is 23.1 Å². The summed E-state index contributed by atoms with van der Waals surface area (Å²) in [5.41, 5.74) is 1.26. The van der Waals surface area contributed by atoms with Crippen molar-refractivity contribution < 1.29 is 13.6 Å². The molecule has 7 nitrogen and oxygen atoms in total. The molecule has 0 spiro atoms. The highest BCUT2D eigenvalue weighted by molar-refractivity contribution is 7.13. The maximum absolute atomic E-state index is 13.8. The molecule has 4 rings (SSSR count). The van der Waals surface area contributed by atoms with Crippen molar-refractivity contribution in [3.05, 3.63) is 59.0 Å². The Hall–Kier alpha value is -3.38. The highest BCUT2D eigenvalue weighted by Gasteiger charge is 2.23. The number of halogens is 1. The van der Waals surface area contributed by atoms with Crippen LogP contribution in [0.25, 0.3) is 10.8 Å². The second-order valence-corrected chi connectivity index (χ2v) is 7.45. The number of urea groups is 1. The predicted octanol–water partition coefficient (Wildman–Crippen LogP) is 3.45. The van der Waals surface area contributed by atoms with E-state index in [1.807, 2.05) is 28.5 Å². The number of nitrogens with zero attached hydrogens (tertiary/aromatic N) is 4. The number of carbonyl (C=O) groups excluding carboxylic acids is 1. The van der Waals surface area contributed by atoms with Crippen LogP contribution in [0.5, 0.6) is 0 Å². The van der Waals surface area contributed by atoms with E-state index in [0.29, 0.717) is 43.5 Å². The number of carbonyl (C=O) groups is 1. The number of thiophene rings is 1. The van der Waals surface area contributed by atoms with Crippen LogP contribution in [0.1, 0.15) is 11.3 Å². The first-order valence-electron chi connectivity index (χ1n) is 9.10. The van der Waals surface area contributed by atoms with Gasteiger partial charge in [0.25, 0.3) is 0 Å². The first-order valence-corrected chi connectivity index (χ1v) is 9.98. The smallest absolute Gasteiger partial charge is 0.317 e. The molecule has 1 aliphatic rings. The van der Waals surface area contributed by atoms with E-state index in [1.54, 1.807) is 23.3 Å².